The number of allylic oxidation sites excluding steroid dienone is 1. The molecule has 0 aromatic heterocycles. The van der Waals surface area contributed by atoms with E-state index in [-0.39, 0.29) is 0 Å². The van der Waals surface area contributed by atoms with Crippen molar-refractivity contribution in [3.8, 4) is 0 Å². The van der Waals surface area contributed by atoms with Gasteiger partial charge in [0.1, 0.15) is 0 Å². The molecular weight excluding hydrogens is 112 g/mol. The molecule has 0 aromatic carbocycles. The maximum Gasteiger partial charge on any atom is 0.210 e. The highest BCUT2D eigenvalue weighted by molar-refractivity contribution is 5.72. The van der Waals surface area contributed by atoms with Crippen molar-refractivity contribution >= 4 is 5.97 Å². The molecule has 3 heteroatoms. The van der Waals surface area contributed by atoms with E-state index >= 15 is 0 Å². The Labute approximate surface area is 46.7 Å². The van der Waals surface area contributed by atoms with E-state index in [0.717, 1.165) is 13.0 Å². The van der Waals surface area contributed by atoms with Gasteiger partial charge in [-0.15, -0.1) is 0 Å². The SMILES string of the molecule is C/C=C(/F)N=C(C)F. The Morgan fingerprint density at radius 2 is 2.00 bits per heavy atom. The van der Waals surface area contributed by atoms with Crippen LogP contribution in [0.15, 0.2) is 17.0 Å². The summed E-state index contributed by atoms with van der Waals surface area (Å²) in [5.74, 6) is -1.55. The van der Waals surface area contributed by atoms with Gasteiger partial charge in [-0.05, 0) is 13.0 Å². The van der Waals surface area contributed by atoms with Crippen LogP contribution in [0.25, 0.3) is 0 Å². The maximum absolute atomic E-state index is 11.8. The second kappa shape index (κ2) is 3.29. The highest BCUT2D eigenvalue weighted by Gasteiger charge is 1.86. The van der Waals surface area contributed by atoms with Crippen molar-refractivity contribution in [1.29, 1.82) is 0 Å². The number of hydrogen-bond donors (Lipinski definition) is 0. The van der Waals surface area contributed by atoms with Gasteiger partial charge in [-0.1, -0.05) is 0 Å². The molecule has 0 saturated heterocycles. The molecule has 0 aliphatic carbocycles. The van der Waals surface area contributed by atoms with Crippen LogP contribution in [-0.4, -0.2) is 5.97 Å². The number of nitrogens with zero attached hydrogens (tertiary/aromatic N) is 1. The Bertz CT molecular complexity index is 122. The summed E-state index contributed by atoms with van der Waals surface area (Å²) in [5.41, 5.74) is 0. The Morgan fingerprint density at radius 3 is 2.12 bits per heavy atom. The molecule has 0 atom stereocenters. The first-order valence-electron chi connectivity index (χ1n) is 2.19. The van der Waals surface area contributed by atoms with E-state index in [1.807, 2.05) is 0 Å². The zero-order valence-corrected chi connectivity index (χ0v) is 4.78. The van der Waals surface area contributed by atoms with Crippen LogP contribution in [-0.2, 0) is 0 Å². The fourth-order valence-corrected chi connectivity index (χ4v) is 0.212. The van der Waals surface area contributed by atoms with Crippen LogP contribution >= 0.6 is 0 Å². The van der Waals surface area contributed by atoms with Crippen LogP contribution in [0.2, 0.25) is 0 Å². The number of hydrogen-bond acceptors (Lipinski definition) is 1. The molecule has 0 radical (unpaired) electrons. The van der Waals surface area contributed by atoms with Crippen LogP contribution in [0.1, 0.15) is 13.8 Å². The smallest absolute Gasteiger partial charge is 0.195 e. The lowest BCUT2D eigenvalue weighted by Crippen LogP contribution is -1.75. The molecule has 0 bridgehead atoms. The number of rotatable bonds is 1. The Balaban J connectivity index is 3.89. The summed E-state index contributed by atoms with van der Waals surface area (Å²) in [6.45, 7) is 2.53. The van der Waals surface area contributed by atoms with Crippen molar-refractivity contribution < 1.29 is 8.78 Å². The van der Waals surface area contributed by atoms with Gasteiger partial charge in [0.05, 0.1) is 0 Å². The summed E-state index contributed by atoms with van der Waals surface area (Å²) in [7, 11) is 0. The fourth-order valence-electron chi connectivity index (χ4n) is 0.212. The molecule has 0 unspecified atom stereocenters. The topological polar surface area (TPSA) is 12.4 Å². The second-order valence-electron chi connectivity index (χ2n) is 1.22. The molecular formula is C5H7F2N. The second-order valence-corrected chi connectivity index (χ2v) is 1.22. The number of halogens is 2. The highest BCUT2D eigenvalue weighted by Crippen LogP contribution is 1.97. The van der Waals surface area contributed by atoms with E-state index in [0.29, 0.717) is 0 Å². The third-order valence-corrected chi connectivity index (χ3v) is 0.499. The van der Waals surface area contributed by atoms with Gasteiger partial charge in [-0.3, -0.25) is 0 Å². The van der Waals surface area contributed by atoms with Gasteiger partial charge >= 0.3 is 0 Å². The molecule has 8 heavy (non-hydrogen) atoms. The third-order valence-electron chi connectivity index (χ3n) is 0.499. The van der Waals surface area contributed by atoms with Crippen LogP contribution in [0.4, 0.5) is 8.78 Å². The normalized spacial score (nSPS) is 14.5. The van der Waals surface area contributed by atoms with E-state index in [1.165, 1.54) is 6.92 Å². The molecule has 0 saturated carbocycles. The molecule has 0 heterocycles. The lowest BCUT2D eigenvalue weighted by Gasteiger charge is -1.81. The van der Waals surface area contributed by atoms with Gasteiger partial charge in [0.15, 0.2) is 5.97 Å². The average molecular weight is 119 g/mol. The van der Waals surface area contributed by atoms with Gasteiger partial charge in [0, 0.05) is 6.92 Å². The van der Waals surface area contributed by atoms with E-state index in [2.05, 4.69) is 4.99 Å². The van der Waals surface area contributed by atoms with Crippen LogP contribution < -0.4 is 0 Å². The Hall–Kier alpha value is -0.730. The van der Waals surface area contributed by atoms with Crippen molar-refractivity contribution in [3.05, 3.63) is 12.0 Å². The fraction of sp³-hybridized carbons (Fsp3) is 0.400. The third kappa shape index (κ3) is 3.46. The summed E-state index contributed by atoms with van der Waals surface area (Å²) in [5, 5.41) is 0. The van der Waals surface area contributed by atoms with Crippen LogP contribution in [0, 0.1) is 0 Å². The van der Waals surface area contributed by atoms with Gasteiger partial charge in [-0.2, -0.15) is 13.8 Å². The molecule has 0 aliphatic heterocycles. The predicted octanol–water partition coefficient (Wildman–Crippen LogP) is 2.21. The maximum atomic E-state index is 11.8. The summed E-state index contributed by atoms with van der Waals surface area (Å²) in [6, 6.07) is 0. The lowest BCUT2D eigenvalue weighted by atomic mass is 10.7. The minimum atomic E-state index is -0.787. The largest absolute Gasteiger partial charge is 0.210 e. The monoisotopic (exact) mass is 119 g/mol. The number of aliphatic imine (C=N–C) groups is 1. The van der Waals surface area contributed by atoms with E-state index in [9.17, 15) is 8.78 Å². The van der Waals surface area contributed by atoms with E-state index < -0.39 is 11.9 Å². The molecule has 0 aliphatic rings. The molecule has 0 rings (SSSR count). The predicted molar refractivity (Wildman–Crippen MR) is 29.1 cm³/mol. The first kappa shape index (κ1) is 7.27. The van der Waals surface area contributed by atoms with Crippen molar-refractivity contribution in [1.82, 2.24) is 0 Å². The Morgan fingerprint density at radius 1 is 1.50 bits per heavy atom. The minimum absolute atomic E-state index is 0.763. The molecule has 0 spiro atoms. The van der Waals surface area contributed by atoms with Gasteiger partial charge in [-0.25, -0.2) is 0 Å². The van der Waals surface area contributed by atoms with Gasteiger partial charge < -0.3 is 0 Å². The van der Waals surface area contributed by atoms with Gasteiger partial charge in [0.25, 0.3) is 0 Å². The van der Waals surface area contributed by atoms with E-state index in [1.54, 1.807) is 0 Å². The molecule has 0 N–H and O–H groups in total. The molecule has 0 amide bonds. The zero-order valence-electron chi connectivity index (χ0n) is 4.78. The summed E-state index contributed by atoms with van der Waals surface area (Å²) in [4.78, 5) is 2.84. The average Bonchev–Trinajstić information content (AvgIpc) is 1.65. The lowest BCUT2D eigenvalue weighted by molar-refractivity contribution is 0.617. The molecule has 0 aromatic rings. The van der Waals surface area contributed by atoms with Crippen molar-refractivity contribution in [2.24, 2.45) is 4.99 Å². The first-order chi connectivity index (χ1) is 3.66. The molecule has 1 nitrogen and oxygen atoms in total. The summed E-state index contributed by atoms with van der Waals surface area (Å²) in [6.07, 6.45) is 1.09. The molecule has 0 fully saturated rings. The van der Waals surface area contributed by atoms with E-state index in [4.69, 9.17) is 0 Å². The summed E-state index contributed by atoms with van der Waals surface area (Å²) < 4.78 is 23.4. The highest BCUT2D eigenvalue weighted by atomic mass is 19.1. The zero-order chi connectivity index (χ0) is 6.57. The van der Waals surface area contributed by atoms with Crippen molar-refractivity contribution in [2.75, 3.05) is 0 Å². The first-order valence-corrected chi connectivity index (χ1v) is 2.19. The standard InChI is InChI=1S/C5H7F2N/c1-3-5(7)8-4(2)6/h3H,1-2H3/b5-3-,8-4?. The van der Waals surface area contributed by atoms with Crippen LogP contribution in [0.3, 0.4) is 0 Å². The van der Waals surface area contributed by atoms with Crippen molar-refractivity contribution in [3.63, 3.8) is 0 Å². The van der Waals surface area contributed by atoms with Crippen molar-refractivity contribution in [2.45, 2.75) is 13.8 Å². The van der Waals surface area contributed by atoms with Gasteiger partial charge in [0.2, 0.25) is 5.95 Å². The summed E-state index contributed by atoms with van der Waals surface area (Å²) >= 11 is 0. The quantitative estimate of drug-likeness (QED) is 0.370. The van der Waals surface area contributed by atoms with Crippen LogP contribution in [0.5, 0.6) is 0 Å². The molecule has 46 valence electrons. The minimum Gasteiger partial charge on any atom is -0.195 e. The Kier molecular flexibility index (Phi) is 2.99.